The summed E-state index contributed by atoms with van der Waals surface area (Å²) in [4.78, 5) is 0. The van der Waals surface area contributed by atoms with Crippen molar-refractivity contribution < 1.29 is 4.74 Å². The zero-order chi connectivity index (χ0) is 7.40. The normalized spacial score (nSPS) is 20.5. The highest BCUT2D eigenvalue weighted by atomic mass is 35.5. The van der Waals surface area contributed by atoms with Crippen LogP contribution < -0.4 is 0 Å². The van der Waals surface area contributed by atoms with Crippen LogP contribution in [0.4, 0.5) is 0 Å². The van der Waals surface area contributed by atoms with Gasteiger partial charge in [-0.3, -0.25) is 0 Å². The number of hydrogen-bond acceptors (Lipinski definition) is 2. The predicted octanol–water partition coefficient (Wildman–Crippen LogP) is 2.86. The van der Waals surface area contributed by atoms with Crippen molar-refractivity contribution in [1.82, 2.24) is 0 Å². The summed E-state index contributed by atoms with van der Waals surface area (Å²) >= 11 is 10.0. The van der Waals surface area contributed by atoms with Gasteiger partial charge in [-0.05, 0) is 49.5 Å². The third-order valence-corrected chi connectivity index (χ3v) is 2.00. The predicted molar refractivity (Wildman–Crippen MR) is 46.4 cm³/mol. The molecule has 3 heteroatoms. The van der Waals surface area contributed by atoms with Gasteiger partial charge in [0.15, 0.2) is 0 Å². The molecule has 1 saturated carbocycles. The Bertz CT molecular complexity index is 121. The van der Waals surface area contributed by atoms with Crippen molar-refractivity contribution in [1.29, 1.82) is 0 Å². The average molecular weight is 179 g/mol. The lowest BCUT2D eigenvalue weighted by atomic mass is 9.98. The third-order valence-electron chi connectivity index (χ3n) is 1.81. The molecule has 0 aromatic heterocycles. The maximum absolute atomic E-state index is 5.42. The third kappa shape index (κ3) is 2.84. The van der Waals surface area contributed by atoms with Crippen molar-refractivity contribution in [2.45, 2.75) is 38.2 Å². The summed E-state index contributed by atoms with van der Waals surface area (Å²) in [5.41, 5.74) is 0. The molecule has 0 amide bonds. The molecule has 1 nitrogen and oxygen atoms in total. The van der Waals surface area contributed by atoms with E-state index >= 15 is 0 Å². The van der Waals surface area contributed by atoms with Crippen LogP contribution in [0, 0.1) is 0 Å². The molecule has 0 atom stereocenters. The first-order valence-electron chi connectivity index (χ1n) is 3.65. The van der Waals surface area contributed by atoms with Crippen LogP contribution in [0.15, 0.2) is 0 Å². The van der Waals surface area contributed by atoms with Crippen molar-refractivity contribution >= 4 is 28.3 Å². The number of rotatable bonds is 1. The molecule has 1 rings (SSSR count). The van der Waals surface area contributed by atoms with Crippen molar-refractivity contribution in [3.05, 3.63) is 0 Å². The Morgan fingerprint density at radius 2 is 1.90 bits per heavy atom. The number of halogens is 1. The van der Waals surface area contributed by atoms with E-state index in [9.17, 15) is 0 Å². The Balaban J connectivity index is 2.19. The highest BCUT2D eigenvalue weighted by Gasteiger charge is 2.14. The van der Waals surface area contributed by atoms with E-state index in [0.717, 1.165) is 12.8 Å². The van der Waals surface area contributed by atoms with E-state index in [4.69, 9.17) is 16.3 Å². The Morgan fingerprint density at radius 1 is 1.30 bits per heavy atom. The van der Waals surface area contributed by atoms with E-state index in [1.54, 1.807) is 0 Å². The largest absolute Gasteiger partial charge is 0.472 e. The second-order valence-electron chi connectivity index (χ2n) is 2.62. The molecule has 58 valence electrons. The Labute approximate surface area is 71.7 Å². The van der Waals surface area contributed by atoms with Gasteiger partial charge in [0.2, 0.25) is 0 Å². The Hall–Kier alpha value is 0.180. The maximum Gasteiger partial charge on any atom is 0.255 e. The summed E-state index contributed by atoms with van der Waals surface area (Å²) in [5, 5.41) is 0. The fourth-order valence-corrected chi connectivity index (χ4v) is 1.58. The van der Waals surface area contributed by atoms with Crippen molar-refractivity contribution in [3.8, 4) is 0 Å². The van der Waals surface area contributed by atoms with E-state index in [-0.39, 0.29) is 4.51 Å². The van der Waals surface area contributed by atoms with E-state index in [1.165, 1.54) is 19.3 Å². The topological polar surface area (TPSA) is 9.23 Å². The van der Waals surface area contributed by atoms with Gasteiger partial charge in [0, 0.05) is 0 Å². The summed E-state index contributed by atoms with van der Waals surface area (Å²) < 4.78 is 5.36. The van der Waals surface area contributed by atoms with Gasteiger partial charge in [-0.15, -0.1) is 0 Å². The van der Waals surface area contributed by atoms with E-state index in [1.807, 2.05) is 0 Å². The van der Waals surface area contributed by atoms with Crippen LogP contribution in [0.1, 0.15) is 32.1 Å². The summed E-state index contributed by atoms with van der Waals surface area (Å²) in [6, 6.07) is 0. The monoisotopic (exact) mass is 178 g/mol. The molecule has 0 N–H and O–H groups in total. The number of ether oxygens (including phenoxy) is 1. The molecule has 1 fully saturated rings. The van der Waals surface area contributed by atoms with Gasteiger partial charge in [0.05, 0.1) is 0 Å². The van der Waals surface area contributed by atoms with Gasteiger partial charge >= 0.3 is 0 Å². The first-order chi connectivity index (χ1) is 4.79. The van der Waals surface area contributed by atoms with Crippen LogP contribution in [-0.2, 0) is 4.74 Å². The molecule has 0 aliphatic heterocycles. The molecule has 0 aromatic rings. The van der Waals surface area contributed by atoms with Crippen LogP contribution in [0.25, 0.3) is 0 Å². The first-order valence-corrected chi connectivity index (χ1v) is 4.44. The zero-order valence-corrected chi connectivity index (χ0v) is 7.38. The fourth-order valence-electron chi connectivity index (χ4n) is 1.31. The molecular weight excluding hydrogens is 168 g/mol. The van der Waals surface area contributed by atoms with Gasteiger partial charge in [-0.2, -0.15) is 0 Å². The molecule has 0 aromatic carbocycles. The molecule has 1 aliphatic carbocycles. The lowest BCUT2D eigenvalue weighted by molar-refractivity contribution is 0.152. The molecule has 0 bridgehead atoms. The lowest BCUT2D eigenvalue weighted by Crippen LogP contribution is -2.17. The minimum atomic E-state index is 0.173. The van der Waals surface area contributed by atoms with Crippen LogP contribution in [0.2, 0.25) is 0 Å². The minimum absolute atomic E-state index is 0.173. The molecule has 10 heavy (non-hydrogen) atoms. The van der Waals surface area contributed by atoms with Crippen molar-refractivity contribution in [2.24, 2.45) is 0 Å². The van der Waals surface area contributed by atoms with Crippen LogP contribution in [0.5, 0.6) is 0 Å². The van der Waals surface area contributed by atoms with Crippen molar-refractivity contribution in [3.63, 3.8) is 0 Å². The standard InChI is InChI=1S/C7H11ClOS/c8-7(10)9-6-4-2-1-3-5-6/h6H,1-5H2. The summed E-state index contributed by atoms with van der Waals surface area (Å²) in [5.74, 6) is 0. The number of thiocarbonyl (C=S) groups is 1. The van der Waals surface area contributed by atoms with Gasteiger partial charge in [-0.1, -0.05) is 6.42 Å². The van der Waals surface area contributed by atoms with Crippen molar-refractivity contribution in [2.75, 3.05) is 0 Å². The molecule has 1 aliphatic rings. The highest BCUT2D eigenvalue weighted by Crippen LogP contribution is 2.20. The van der Waals surface area contributed by atoms with E-state index in [0.29, 0.717) is 6.10 Å². The lowest BCUT2D eigenvalue weighted by Gasteiger charge is -2.21. The summed E-state index contributed by atoms with van der Waals surface area (Å²) in [6.07, 6.45) is 6.38. The fraction of sp³-hybridized carbons (Fsp3) is 0.857. The van der Waals surface area contributed by atoms with Gasteiger partial charge in [0.1, 0.15) is 6.10 Å². The van der Waals surface area contributed by atoms with Crippen LogP contribution in [0.3, 0.4) is 0 Å². The molecule has 0 heterocycles. The zero-order valence-electron chi connectivity index (χ0n) is 5.81. The maximum atomic E-state index is 5.42. The summed E-state index contributed by atoms with van der Waals surface area (Å²) in [7, 11) is 0. The molecule has 0 radical (unpaired) electrons. The highest BCUT2D eigenvalue weighted by molar-refractivity contribution is 7.82. The first kappa shape index (κ1) is 8.28. The van der Waals surface area contributed by atoms with E-state index in [2.05, 4.69) is 12.2 Å². The number of hydrogen-bond donors (Lipinski definition) is 0. The quantitative estimate of drug-likeness (QED) is 0.451. The minimum Gasteiger partial charge on any atom is -0.472 e. The molecule has 0 spiro atoms. The molecule has 0 saturated heterocycles. The molecule has 0 unspecified atom stereocenters. The van der Waals surface area contributed by atoms with Crippen LogP contribution in [-0.4, -0.2) is 10.6 Å². The van der Waals surface area contributed by atoms with Gasteiger partial charge in [-0.25, -0.2) is 0 Å². The van der Waals surface area contributed by atoms with Gasteiger partial charge < -0.3 is 4.74 Å². The molecular formula is C7H11ClOS. The summed E-state index contributed by atoms with van der Waals surface area (Å²) in [6.45, 7) is 0. The SMILES string of the molecule is S=C(Cl)OC1CCCCC1. The second-order valence-corrected chi connectivity index (χ2v) is 3.55. The smallest absolute Gasteiger partial charge is 0.255 e. The van der Waals surface area contributed by atoms with Crippen LogP contribution >= 0.6 is 23.8 Å². The second kappa shape index (κ2) is 4.14. The average Bonchev–Trinajstić information content (AvgIpc) is 1.88. The Kier molecular flexibility index (Phi) is 3.43. The Morgan fingerprint density at radius 3 is 2.40 bits per heavy atom. The van der Waals surface area contributed by atoms with Gasteiger partial charge in [0.25, 0.3) is 4.51 Å². The van der Waals surface area contributed by atoms with E-state index < -0.39 is 0 Å².